The topological polar surface area (TPSA) is 86.7 Å². The monoisotopic (exact) mass is 493 g/mol. The number of anilines is 1. The fourth-order valence-corrected chi connectivity index (χ4v) is 4.09. The van der Waals surface area contributed by atoms with E-state index >= 15 is 0 Å². The van der Waals surface area contributed by atoms with Crippen LogP contribution in [0.2, 0.25) is 0 Å². The predicted octanol–water partition coefficient (Wildman–Crippen LogP) is 4.07. The smallest absolute Gasteiger partial charge is 0.342 e. The summed E-state index contributed by atoms with van der Waals surface area (Å²) in [7, 11) is 5.26. The minimum absolute atomic E-state index is 0.0534. The summed E-state index contributed by atoms with van der Waals surface area (Å²) >= 11 is 0. The van der Waals surface area contributed by atoms with Crippen molar-refractivity contribution in [3.63, 3.8) is 0 Å². The van der Waals surface area contributed by atoms with Gasteiger partial charge in [-0.2, -0.15) is 0 Å². The molecular weight excluding hydrogens is 457 g/mol. The molecule has 1 saturated heterocycles. The fourth-order valence-electron chi connectivity index (χ4n) is 4.09. The maximum atomic E-state index is 15.0. The van der Waals surface area contributed by atoms with Gasteiger partial charge in [0.05, 0.1) is 6.10 Å². The third-order valence-corrected chi connectivity index (χ3v) is 6.11. The van der Waals surface area contributed by atoms with E-state index in [0.29, 0.717) is 17.7 Å². The minimum atomic E-state index is -1.51. The molecule has 1 N–H and O–H groups in total. The molecule has 3 rings (SSSR count). The van der Waals surface area contributed by atoms with Crippen LogP contribution in [0.15, 0.2) is 30.1 Å². The van der Waals surface area contributed by atoms with Crippen LogP contribution in [0.4, 0.5) is 10.1 Å². The molecule has 2 heterocycles. The minimum Gasteiger partial charge on any atom is -0.467 e. The van der Waals surface area contributed by atoms with E-state index < -0.39 is 47.9 Å². The van der Waals surface area contributed by atoms with Crippen LogP contribution in [0.3, 0.4) is 0 Å². The molecule has 5 atom stereocenters. The van der Waals surface area contributed by atoms with Gasteiger partial charge in [0.15, 0.2) is 12.6 Å². The molecule has 0 aromatic heterocycles. The van der Waals surface area contributed by atoms with Gasteiger partial charge < -0.3 is 33.7 Å². The number of aliphatic hydroxyl groups is 1. The Labute approximate surface area is 206 Å². The van der Waals surface area contributed by atoms with Gasteiger partial charge >= 0.3 is 5.97 Å². The lowest BCUT2D eigenvalue weighted by atomic mass is 9.98. The Morgan fingerprint density at radius 3 is 2.60 bits per heavy atom. The van der Waals surface area contributed by atoms with Crippen LogP contribution < -0.4 is 9.64 Å². The lowest BCUT2D eigenvalue weighted by Gasteiger charge is -2.24. The summed E-state index contributed by atoms with van der Waals surface area (Å²) in [6.45, 7) is 6.78. The van der Waals surface area contributed by atoms with Crippen LogP contribution in [0.5, 0.6) is 5.75 Å². The van der Waals surface area contributed by atoms with Crippen molar-refractivity contribution in [2.75, 3.05) is 32.9 Å². The lowest BCUT2D eigenvalue weighted by Crippen LogP contribution is -2.36. The van der Waals surface area contributed by atoms with E-state index in [-0.39, 0.29) is 12.4 Å². The van der Waals surface area contributed by atoms with Crippen molar-refractivity contribution in [3.05, 3.63) is 41.2 Å². The number of hydrogen-bond acceptors (Lipinski definition) is 8. The van der Waals surface area contributed by atoms with E-state index in [4.69, 9.17) is 23.7 Å². The van der Waals surface area contributed by atoms with Crippen molar-refractivity contribution in [1.82, 2.24) is 0 Å². The zero-order valence-corrected chi connectivity index (χ0v) is 21.4. The summed E-state index contributed by atoms with van der Waals surface area (Å²) in [5.41, 5.74) is 1.64. The van der Waals surface area contributed by atoms with Gasteiger partial charge in [-0.25, -0.2) is 9.18 Å². The molecule has 0 radical (unpaired) electrons. The molecule has 8 nitrogen and oxygen atoms in total. The van der Waals surface area contributed by atoms with Crippen molar-refractivity contribution < 1.29 is 38.0 Å². The Morgan fingerprint density at radius 2 is 1.94 bits per heavy atom. The number of nitrogens with zero attached hydrogens (tertiary/aromatic N) is 1. The van der Waals surface area contributed by atoms with Crippen LogP contribution in [0.25, 0.3) is 6.08 Å². The van der Waals surface area contributed by atoms with Crippen LogP contribution in [0.1, 0.15) is 50.0 Å². The second kappa shape index (κ2) is 11.1. The highest BCUT2D eigenvalue weighted by atomic mass is 19.1. The molecule has 1 fully saturated rings. The number of fused-ring (bicyclic) bond motifs is 2. The van der Waals surface area contributed by atoms with Crippen molar-refractivity contribution in [2.45, 2.75) is 64.3 Å². The van der Waals surface area contributed by atoms with Crippen molar-refractivity contribution in [3.8, 4) is 5.75 Å². The second-order valence-electron chi connectivity index (χ2n) is 9.60. The molecule has 2 aliphatic rings. The Hall–Kier alpha value is -2.46. The molecular formula is C26H36FNO7. The molecule has 0 bridgehead atoms. The zero-order valence-electron chi connectivity index (χ0n) is 21.4. The van der Waals surface area contributed by atoms with E-state index in [1.165, 1.54) is 13.2 Å². The van der Waals surface area contributed by atoms with Gasteiger partial charge in [-0.1, -0.05) is 19.1 Å². The largest absolute Gasteiger partial charge is 0.467 e. The van der Waals surface area contributed by atoms with Gasteiger partial charge in [0.2, 0.25) is 0 Å². The third-order valence-electron chi connectivity index (χ3n) is 6.11. The zero-order chi connectivity index (χ0) is 25.9. The third kappa shape index (κ3) is 6.41. The number of esters is 1. The SMILES string of the molecule is COCOc1cc(N(C)C)cc2c1C(=O)O[C@@H](C)[C@H](C)/C=C(/F)[C@@H](O)[C@H]1OC(C)(C)O[C@H]1C/C=C/2. The van der Waals surface area contributed by atoms with Crippen molar-refractivity contribution in [2.24, 2.45) is 5.92 Å². The number of ether oxygens (including phenoxy) is 5. The Morgan fingerprint density at radius 1 is 1.23 bits per heavy atom. The van der Waals surface area contributed by atoms with Crippen LogP contribution in [0, 0.1) is 5.92 Å². The Bertz CT molecular complexity index is 975. The summed E-state index contributed by atoms with van der Waals surface area (Å²) in [6.07, 6.45) is 1.47. The summed E-state index contributed by atoms with van der Waals surface area (Å²) in [5.74, 6) is -2.54. The molecule has 194 valence electrons. The fraction of sp³-hybridized carbons (Fsp3) is 0.577. The Balaban J connectivity index is 2.12. The first-order chi connectivity index (χ1) is 16.4. The van der Waals surface area contributed by atoms with Crippen LogP contribution in [-0.2, 0) is 18.9 Å². The lowest BCUT2D eigenvalue weighted by molar-refractivity contribution is -0.153. The average molecular weight is 494 g/mol. The van der Waals surface area contributed by atoms with Gasteiger partial charge in [0.25, 0.3) is 0 Å². The molecule has 0 aliphatic carbocycles. The van der Waals surface area contributed by atoms with Gasteiger partial charge in [-0.15, -0.1) is 0 Å². The molecule has 35 heavy (non-hydrogen) atoms. The summed E-state index contributed by atoms with van der Waals surface area (Å²) in [5, 5.41) is 10.7. The molecule has 0 unspecified atom stereocenters. The number of cyclic esters (lactones) is 1. The standard InChI is InChI=1S/C26H36FNO7/c1-15-11-19(27)23(29)24-20(34-26(3,4)35-24)10-8-9-17-12-18(28(5)6)13-21(32-14-31-7)22(17)25(30)33-16(15)2/h8-9,11-13,15-16,20,23-24,29H,10,14H2,1-7H3/b9-8+,19-11+/t15-,16+,20+,23-,24+/m1/s1. The number of aliphatic hydroxyl groups excluding tert-OH is 1. The molecule has 1 aromatic carbocycles. The van der Waals surface area contributed by atoms with E-state index in [1.807, 2.05) is 25.1 Å². The molecule has 9 heteroatoms. The van der Waals surface area contributed by atoms with Crippen LogP contribution in [-0.4, -0.2) is 69.3 Å². The number of hydrogen-bond donors (Lipinski definition) is 1. The summed E-state index contributed by atoms with van der Waals surface area (Å²) in [4.78, 5) is 15.2. The maximum Gasteiger partial charge on any atom is 0.342 e. The van der Waals surface area contributed by atoms with E-state index in [2.05, 4.69) is 0 Å². The number of carbonyl (C=O) groups excluding carboxylic acids is 1. The highest BCUT2D eigenvalue weighted by Crippen LogP contribution is 2.36. The summed E-state index contributed by atoms with van der Waals surface area (Å²) < 4.78 is 43.3. The second-order valence-corrected chi connectivity index (χ2v) is 9.60. The highest BCUT2D eigenvalue weighted by molar-refractivity contribution is 5.97. The first kappa shape index (κ1) is 27.1. The molecule has 0 saturated carbocycles. The number of methoxy groups -OCH3 is 1. The first-order valence-electron chi connectivity index (χ1n) is 11.7. The highest BCUT2D eigenvalue weighted by Gasteiger charge is 2.45. The average Bonchev–Trinajstić information content (AvgIpc) is 3.09. The molecule has 2 aliphatic heterocycles. The van der Waals surface area contributed by atoms with Gasteiger partial charge in [0.1, 0.15) is 35.5 Å². The number of benzene rings is 1. The van der Waals surface area contributed by atoms with Gasteiger partial charge in [-0.05, 0) is 44.9 Å². The number of rotatable bonds is 4. The van der Waals surface area contributed by atoms with Crippen molar-refractivity contribution in [1.29, 1.82) is 0 Å². The number of halogens is 1. The molecule has 0 amide bonds. The molecule has 1 aromatic rings. The normalized spacial score (nSPS) is 31.3. The maximum absolute atomic E-state index is 15.0. The van der Waals surface area contributed by atoms with E-state index in [9.17, 15) is 14.3 Å². The molecule has 0 spiro atoms. The number of carbonyl (C=O) groups is 1. The van der Waals surface area contributed by atoms with Gasteiger partial charge in [-0.3, -0.25) is 0 Å². The van der Waals surface area contributed by atoms with E-state index in [0.717, 1.165) is 5.69 Å². The summed E-state index contributed by atoms with van der Waals surface area (Å²) in [6, 6.07) is 3.60. The van der Waals surface area contributed by atoms with Gasteiger partial charge in [0, 0.05) is 38.9 Å². The van der Waals surface area contributed by atoms with Crippen molar-refractivity contribution >= 4 is 17.7 Å². The van der Waals surface area contributed by atoms with Crippen LogP contribution >= 0.6 is 0 Å². The quantitative estimate of drug-likeness (QED) is 0.496. The van der Waals surface area contributed by atoms with E-state index in [1.54, 1.807) is 45.9 Å². The Kier molecular flexibility index (Phi) is 8.58. The first-order valence-corrected chi connectivity index (χ1v) is 11.7. The predicted molar refractivity (Wildman–Crippen MR) is 130 cm³/mol.